The van der Waals surface area contributed by atoms with E-state index in [-0.39, 0.29) is 11.7 Å². The molecule has 7 heteroatoms. The van der Waals surface area contributed by atoms with Gasteiger partial charge in [0.2, 0.25) is 5.91 Å². The van der Waals surface area contributed by atoms with Crippen molar-refractivity contribution in [3.05, 3.63) is 65.0 Å². The van der Waals surface area contributed by atoms with E-state index in [1.54, 1.807) is 6.20 Å². The van der Waals surface area contributed by atoms with Crippen LogP contribution in [-0.4, -0.2) is 26.6 Å². The van der Waals surface area contributed by atoms with Crippen LogP contribution in [0.3, 0.4) is 0 Å². The number of benzene rings is 1. The fourth-order valence-electron chi connectivity index (χ4n) is 2.13. The molecule has 0 bridgehead atoms. The fraction of sp³-hybridized carbons (Fsp3) is 0.111. The van der Waals surface area contributed by atoms with Crippen LogP contribution in [0.15, 0.2) is 64.2 Å². The van der Waals surface area contributed by atoms with Crippen LogP contribution in [0.4, 0.5) is 5.69 Å². The molecule has 0 saturated carbocycles. The number of nitrogens with one attached hydrogen (secondary N) is 1. The minimum absolute atomic E-state index is 0.0806. The molecular weight excluding hydrogens is 400 g/mol. The normalized spacial score (nSPS) is 10.5. The van der Waals surface area contributed by atoms with E-state index in [9.17, 15) is 4.79 Å². The van der Waals surface area contributed by atoms with Crippen LogP contribution >= 0.6 is 27.7 Å². The summed E-state index contributed by atoms with van der Waals surface area (Å²) in [5.74, 6) is 0.843. The summed E-state index contributed by atoms with van der Waals surface area (Å²) in [6.45, 7) is 1.83. The third-order valence-corrected chi connectivity index (χ3v) is 4.66. The summed E-state index contributed by atoms with van der Waals surface area (Å²) in [6.07, 6.45) is 1.73. The number of hydrogen-bond acceptors (Lipinski definition) is 5. The first-order valence-corrected chi connectivity index (χ1v) is 9.33. The van der Waals surface area contributed by atoms with Crippen molar-refractivity contribution in [2.45, 2.75) is 11.9 Å². The number of anilines is 1. The minimum Gasteiger partial charge on any atom is -0.325 e. The van der Waals surface area contributed by atoms with Crippen molar-refractivity contribution in [3.63, 3.8) is 0 Å². The molecular formula is C18H15BrN4OS. The lowest BCUT2D eigenvalue weighted by Gasteiger charge is -2.07. The third kappa shape index (κ3) is 5.11. The van der Waals surface area contributed by atoms with Crippen LogP contribution in [0.25, 0.3) is 11.4 Å². The molecule has 2 heterocycles. The molecule has 0 aliphatic heterocycles. The van der Waals surface area contributed by atoms with E-state index in [4.69, 9.17) is 0 Å². The Bertz CT molecular complexity index is 872. The lowest BCUT2D eigenvalue weighted by molar-refractivity contribution is -0.113. The van der Waals surface area contributed by atoms with E-state index >= 15 is 0 Å². The second-order valence-corrected chi connectivity index (χ2v) is 7.11. The fourth-order valence-corrected chi connectivity index (χ4v) is 3.14. The zero-order valence-corrected chi connectivity index (χ0v) is 15.8. The number of amides is 1. The van der Waals surface area contributed by atoms with Crippen molar-refractivity contribution < 1.29 is 4.79 Å². The monoisotopic (exact) mass is 414 g/mol. The number of pyridine rings is 1. The van der Waals surface area contributed by atoms with Crippen molar-refractivity contribution in [1.82, 2.24) is 15.0 Å². The lowest BCUT2D eigenvalue weighted by atomic mass is 10.2. The van der Waals surface area contributed by atoms with Gasteiger partial charge in [0.25, 0.3) is 0 Å². The number of nitrogens with zero attached hydrogens (tertiary/aromatic N) is 3. The van der Waals surface area contributed by atoms with Gasteiger partial charge >= 0.3 is 0 Å². The highest BCUT2D eigenvalue weighted by molar-refractivity contribution is 9.10. The van der Waals surface area contributed by atoms with Gasteiger partial charge in [0.15, 0.2) is 0 Å². The number of aromatic nitrogens is 3. The van der Waals surface area contributed by atoms with Gasteiger partial charge in [-0.2, -0.15) is 0 Å². The van der Waals surface area contributed by atoms with Crippen molar-refractivity contribution in [1.29, 1.82) is 0 Å². The predicted molar refractivity (Wildman–Crippen MR) is 103 cm³/mol. The van der Waals surface area contributed by atoms with E-state index in [0.29, 0.717) is 5.82 Å². The molecule has 0 atom stereocenters. The van der Waals surface area contributed by atoms with Crippen LogP contribution in [0.1, 0.15) is 5.82 Å². The van der Waals surface area contributed by atoms with Crippen LogP contribution < -0.4 is 5.32 Å². The summed E-state index contributed by atoms with van der Waals surface area (Å²) < 4.78 is 0.971. The summed E-state index contributed by atoms with van der Waals surface area (Å²) >= 11 is 4.74. The molecule has 126 valence electrons. The summed E-state index contributed by atoms with van der Waals surface area (Å²) in [4.78, 5) is 25.2. The highest BCUT2D eigenvalue weighted by Crippen LogP contribution is 2.22. The van der Waals surface area contributed by atoms with Gasteiger partial charge in [-0.25, -0.2) is 9.97 Å². The van der Waals surface area contributed by atoms with Gasteiger partial charge < -0.3 is 5.32 Å². The Morgan fingerprint density at radius 2 is 1.92 bits per heavy atom. The Labute approximate surface area is 158 Å². The van der Waals surface area contributed by atoms with Gasteiger partial charge in [-0.1, -0.05) is 33.8 Å². The lowest BCUT2D eigenvalue weighted by Crippen LogP contribution is -2.14. The molecule has 5 nitrogen and oxygen atoms in total. The number of thioether (sulfide) groups is 1. The van der Waals surface area contributed by atoms with E-state index in [2.05, 4.69) is 36.2 Å². The Morgan fingerprint density at radius 1 is 1.12 bits per heavy atom. The quantitative estimate of drug-likeness (QED) is 0.496. The highest BCUT2D eigenvalue weighted by atomic mass is 79.9. The average molecular weight is 415 g/mol. The zero-order valence-electron chi connectivity index (χ0n) is 13.4. The Hall–Kier alpha value is -2.25. The largest absolute Gasteiger partial charge is 0.325 e. The average Bonchev–Trinajstić information content (AvgIpc) is 2.62. The number of halogens is 1. The van der Waals surface area contributed by atoms with Crippen LogP contribution in [0.2, 0.25) is 0 Å². The van der Waals surface area contributed by atoms with Gasteiger partial charge in [0, 0.05) is 16.4 Å². The van der Waals surface area contributed by atoms with Crippen molar-refractivity contribution in [2.75, 3.05) is 11.1 Å². The molecule has 1 N–H and O–H groups in total. The molecule has 0 aliphatic rings. The molecule has 0 unspecified atom stereocenters. The molecule has 25 heavy (non-hydrogen) atoms. The molecule has 0 radical (unpaired) electrons. The number of carbonyl (C=O) groups excluding carboxylic acids is 1. The molecule has 1 amide bonds. The SMILES string of the molecule is Cc1nc(SCC(=O)Nc2ccc(Br)cc2)cc(-c2ccccn2)n1. The van der Waals surface area contributed by atoms with Gasteiger partial charge in [0.05, 0.1) is 17.1 Å². The summed E-state index contributed by atoms with van der Waals surface area (Å²) in [6, 6.07) is 15.0. The molecule has 3 aromatic rings. The van der Waals surface area contributed by atoms with Gasteiger partial charge in [-0.3, -0.25) is 9.78 Å². The van der Waals surface area contributed by atoms with Crippen LogP contribution in [-0.2, 0) is 4.79 Å². The number of aryl methyl sites for hydroxylation is 1. The minimum atomic E-state index is -0.0806. The summed E-state index contributed by atoms with van der Waals surface area (Å²) in [5, 5.41) is 3.61. The molecule has 0 spiro atoms. The topological polar surface area (TPSA) is 67.8 Å². The summed E-state index contributed by atoms with van der Waals surface area (Å²) in [5.41, 5.74) is 2.31. The number of hydrogen-bond donors (Lipinski definition) is 1. The second kappa shape index (κ2) is 8.22. The Kier molecular flexibility index (Phi) is 5.78. The van der Waals surface area contributed by atoms with E-state index in [0.717, 1.165) is 26.6 Å². The van der Waals surface area contributed by atoms with Gasteiger partial charge in [-0.15, -0.1) is 0 Å². The van der Waals surface area contributed by atoms with Crippen molar-refractivity contribution in [3.8, 4) is 11.4 Å². The van der Waals surface area contributed by atoms with E-state index < -0.39 is 0 Å². The van der Waals surface area contributed by atoms with Crippen molar-refractivity contribution in [2.24, 2.45) is 0 Å². The Morgan fingerprint density at radius 3 is 2.64 bits per heavy atom. The molecule has 0 fully saturated rings. The van der Waals surface area contributed by atoms with Crippen LogP contribution in [0, 0.1) is 6.92 Å². The van der Waals surface area contributed by atoms with E-state index in [1.165, 1.54) is 11.8 Å². The van der Waals surface area contributed by atoms with Gasteiger partial charge in [-0.05, 0) is 49.4 Å². The van der Waals surface area contributed by atoms with Gasteiger partial charge in [0.1, 0.15) is 10.9 Å². The first kappa shape index (κ1) is 17.6. The highest BCUT2D eigenvalue weighted by Gasteiger charge is 2.09. The smallest absolute Gasteiger partial charge is 0.234 e. The molecule has 0 saturated heterocycles. The van der Waals surface area contributed by atoms with E-state index in [1.807, 2.05) is 55.5 Å². The first-order valence-electron chi connectivity index (χ1n) is 7.55. The zero-order chi connectivity index (χ0) is 17.6. The second-order valence-electron chi connectivity index (χ2n) is 5.20. The predicted octanol–water partition coefficient (Wildman–Crippen LogP) is 4.34. The molecule has 3 rings (SSSR count). The number of carbonyl (C=O) groups is 1. The maximum atomic E-state index is 12.1. The molecule has 0 aliphatic carbocycles. The standard InChI is InChI=1S/C18H15BrN4OS/c1-12-21-16(15-4-2-3-9-20-15)10-18(22-12)25-11-17(24)23-14-7-5-13(19)6-8-14/h2-10H,11H2,1H3,(H,23,24). The third-order valence-electron chi connectivity index (χ3n) is 3.22. The first-order chi connectivity index (χ1) is 12.1. The Balaban J connectivity index is 1.65. The maximum absolute atomic E-state index is 12.1. The number of rotatable bonds is 5. The van der Waals surface area contributed by atoms with Crippen molar-refractivity contribution >= 4 is 39.3 Å². The molecule has 1 aromatic carbocycles. The summed E-state index contributed by atoms with van der Waals surface area (Å²) in [7, 11) is 0. The molecule has 2 aromatic heterocycles. The maximum Gasteiger partial charge on any atom is 0.234 e. The van der Waals surface area contributed by atoms with Crippen LogP contribution in [0.5, 0.6) is 0 Å².